The Balaban J connectivity index is 1.32. The van der Waals surface area contributed by atoms with E-state index >= 15 is 0 Å². The standard InChI is InChI=1S/C26H23FN4O3/c27-18-6-8-20(9-7-18)34-21-10-11-22-23(13-21)31-26(30-22)24(29-25(32)12-19-14-28-19)16-33-15-17-4-2-1-3-5-17/h1-11,13-14,24,28H,12,15-16H2,(H,29,32)(H,30,31)/t24-/m0/s1. The van der Waals surface area contributed by atoms with E-state index in [9.17, 15) is 9.18 Å². The van der Waals surface area contributed by atoms with Gasteiger partial charge in [-0.15, -0.1) is 0 Å². The Morgan fingerprint density at radius 2 is 1.79 bits per heavy atom. The number of hydrogen-bond donors (Lipinski definition) is 3. The van der Waals surface area contributed by atoms with Gasteiger partial charge in [-0.1, -0.05) is 30.3 Å². The molecule has 172 valence electrons. The molecule has 0 bridgehead atoms. The third-order valence-electron chi connectivity index (χ3n) is 5.28. The molecule has 0 unspecified atom stereocenters. The number of halogens is 1. The lowest BCUT2D eigenvalue weighted by molar-refractivity contribution is -0.121. The zero-order valence-electron chi connectivity index (χ0n) is 18.3. The summed E-state index contributed by atoms with van der Waals surface area (Å²) in [5, 5.41) is 5.94. The minimum atomic E-state index is -0.454. The van der Waals surface area contributed by atoms with Crippen molar-refractivity contribution in [2.24, 2.45) is 0 Å². The lowest BCUT2D eigenvalue weighted by Gasteiger charge is -2.17. The summed E-state index contributed by atoms with van der Waals surface area (Å²) in [6, 6.07) is 20.7. The molecule has 8 heteroatoms. The van der Waals surface area contributed by atoms with Crippen LogP contribution in [0, 0.1) is 5.82 Å². The summed E-state index contributed by atoms with van der Waals surface area (Å²) in [4.78, 5) is 20.4. The summed E-state index contributed by atoms with van der Waals surface area (Å²) >= 11 is 0. The molecule has 2 heterocycles. The van der Waals surface area contributed by atoms with Crippen molar-refractivity contribution in [2.45, 2.75) is 19.1 Å². The van der Waals surface area contributed by atoms with E-state index < -0.39 is 6.04 Å². The van der Waals surface area contributed by atoms with Crippen molar-refractivity contribution in [3.63, 3.8) is 0 Å². The van der Waals surface area contributed by atoms with Crippen molar-refractivity contribution in [2.75, 3.05) is 6.61 Å². The molecule has 1 aromatic heterocycles. The Bertz CT molecular complexity index is 1320. The van der Waals surface area contributed by atoms with E-state index in [1.807, 2.05) is 42.5 Å². The van der Waals surface area contributed by atoms with Gasteiger partial charge in [-0.05, 0) is 42.0 Å². The molecular formula is C26H23FN4O3. The van der Waals surface area contributed by atoms with Crippen LogP contribution in [0.2, 0.25) is 0 Å². The predicted molar refractivity (Wildman–Crippen MR) is 125 cm³/mol. The fourth-order valence-corrected chi connectivity index (χ4v) is 3.50. The molecule has 4 aromatic rings. The Kier molecular flexibility index (Phi) is 6.22. The van der Waals surface area contributed by atoms with Crippen LogP contribution in [0.5, 0.6) is 11.5 Å². The summed E-state index contributed by atoms with van der Waals surface area (Å²) in [6.07, 6.45) is 2.08. The van der Waals surface area contributed by atoms with Crippen LogP contribution in [-0.4, -0.2) is 22.5 Å². The fraction of sp³-hybridized carbons (Fsp3) is 0.154. The number of carbonyl (C=O) groups excluding carboxylic acids is 1. The van der Waals surface area contributed by atoms with Gasteiger partial charge in [-0.2, -0.15) is 0 Å². The smallest absolute Gasteiger partial charge is 0.226 e. The first-order chi connectivity index (χ1) is 16.6. The molecule has 0 aliphatic carbocycles. The van der Waals surface area contributed by atoms with Crippen molar-refractivity contribution in [3.05, 3.63) is 102 Å². The van der Waals surface area contributed by atoms with E-state index in [0.29, 0.717) is 23.9 Å². The van der Waals surface area contributed by atoms with Crippen molar-refractivity contribution in [1.82, 2.24) is 20.6 Å². The first kappa shape index (κ1) is 21.7. The molecule has 1 aliphatic heterocycles. The SMILES string of the molecule is O=C(CC1=CN1)N[C@@H](COCc1ccccc1)c1nc2ccc(Oc3ccc(F)cc3)cc2[nH]1. The predicted octanol–water partition coefficient (Wildman–Crippen LogP) is 4.70. The monoisotopic (exact) mass is 458 g/mol. The molecule has 0 fully saturated rings. The Labute approximate surface area is 195 Å². The maximum atomic E-state index is 13.1. The van der Waals surface area contributed by atoms with Crippen LogP contribution in [0.1, 0.15) is 23.9 Å². The quantitative estimate of drug-likeness (QED) is 0.320. The number of benzene rings is 3. The lowest BCUT2D eigenvalue weighted by Crippen LogP contribution is -2.32. The normalized spacial score (nSPS) is 13.1. The molecule has 1 aliphatic rings. The zero-order chi connectivity index (χ0) is 23.3. The highest BCUT2D eigenvalue weighted by atomic mass is 19.1. The largest absolute Gasteiger partial charge is 0.457 e. The number of rotatable bonds is 10. The van der Waals surface area contributed by atoms with Gasteiger partial charge in [-0.25, -0.2) is 9.37 Å². The number of imidazole rings is 1. The Morgan fingerprint density at radius 3 is 2.56 bits per heavy atom. The van der Waals surface area contributed by atoms with E-state index in [4.69, 9.17) is 9.47 Å². The third-order valence-corrected chi connectivity index (χ3v) is 5.28. The van der Waals surface area contributed by atoms with E-state index in [1.54, 1.807) is 24.4 Å². The molecule has 5 rings (SSSR count). The van der Waals surface area contributed by atoms with Crippen LogP contribution in [0.4, 0.5) is 4.39 Å². The molecule has 0 spiro atoms. The van der Waals surface area contributed by atoms with Crippen LogP contribution in [0.15, 0.2) is 84.7 Å². The van der Waals surface area contributed by atoms with Crippen molar-refractivity contribution in [3.8, 4) is 11.5 Å². The molecule has 0 radical (unpaired) electrons. The molecule has 0 saturated heterocycles. The Hall–Kier alpha value is -4.17. The van der Waals surface area contributed by atoms with Crippen molar-refractivity contribution < 1.29 is 18.7 Å². The number of amides is 1. The number of fused-ring (bicyclic) bond motifs is 1. The number of aromatic amines is 1. The van der Waals surface area contributed by atoms with Gasteiger partial charge < -0.3 is 25.1 Å². The highest BCUT2D eigenvalue weighted by molar-refractivity contribution is 5.80. The van der Waals surface area contributed by atoms with Gasteiger partial charge >= 0.3 is 0 Å². The van der Waals surface area contributed by atoms with Gasteiger partial charge in [0, 0.05) is 18.0 Å². The van der Waals surface area contributed by atoms with Crippen molar-refractivity contribution >= 4 is 16.9 Å². The number of nitrogens with zero attached hydrogens (tertiary/aromatic N) is 1. The third kappa shape index (κ3) is 5.60. The molecule has 0 saturated carbocycles. The second-order valence-corrected chi connectivity index (χ2v) is 7.97. The van der Waals surface area contributed by atoms with Gasteiger partial charge in [0.15, 0.2) is 0 Å². The minimum Gasteiger partial charge on any atom is -0.457 e. The van der Waals surface area contributed by atoms with E-state index in [0.717, 1.165) is 22.3 Å². The molecule has 3 N–H and O–H groups in total. The topological polar surface area (TPSA) is 98.2 Å². The highest BCUT2D eigenvalue weighted by Gasteiger charge is 2.21. The number of aromatic nitrogens is 2. The zero-order valence-corrected chi connectivity index (χ0v) is 18.3. The number of ether oxygens (including phenoxy) is 2. The molecule has 1 amide bonds. The molecule has 7 nitrogen and oxygen atoms in total. The maximum absolute atomic E-state index is 13.1. The Morgan fingerprint density at radius 1 is 1.03 bits per heavy atom. The average Bonchev–Trinajstić information content (AvgIpc) is 3.55. The summed E-state index contributed by atoms with van der Waals surface area (Å²) in [5.74, 6) is 1.26. The number of nitrogens with one attached hydrogen (secondary N) is 3. The van der Waals surface area contributed by atoms with Gasteiger partial charge in [0.25, 0.3) is 0 Å². The van der Waals surface area contributed by atoms with Crippen LogP contribution in [0.3, 0.4) is 0 Å². The van der Waals surface area contributed by atoms with Gasteiger partial charge in [0.05, 0.1) is 30.7 Å². The van der Waals surface area contributed by atoms with Crippen LogP contribution < -0.4 is 15.4 Å². The van der Waals surface area contributed by atoms with Crippen LogP contribution in [-0.2, 0) is 16.1 Å². The summed E-state index contributed by atoms with van der Waals surface area (Å²) in [6.45, 7) is 0.682. The number of hydrogen-bond acceptors (Lipinski definition) is 5. The maximum Gasteiger partial charge on any atom is 0.226 e. The molecule has 3 aromatic carbocycles. The van der Waals surface area contributed by atoms with Gasteiger partial charge in [0.1, 0.15) is 29.2 Å². The van der Waals surface area contributed by atoms with Crippen LogP contribution >= 0.6 is 0 Å². The van der Waals surface area contributed by atoms with E-state index in [2.05, 4.69) is 20.6 Å². The number of H-pyrrole nitrogens is 1. The minimum absolute atomic E-state index is 0.120. The number of carbonyl (C=O) groups is 1. The van der Waals surface area contributed by atoms with Crippen molar-refractivity contribution in [1.29, 1.82) is 0 Å². The van der Waals surface area contributed by atoms with Crippen LogP contribution in [0.25, 0.3) is 11.0 Å². The molecule has 1 atom stereocenters. The fourth-order valence-electron chi connectivity index (χ4n) is 3.50. The summed E-state index contributed by atoms with van der Waals surface area (Å²) in [7, 11) is 0. The first-order valence-electron chi connectivity index (χ1n) is 10.9. The highest BCUT2D eigenvalue weighted by Crippen LogP contribution is 2.26. The lowest BCUT2D eigenvalue weighted by atomic mass is 10.2. The van der Waals surface area contributed by atoms with E-state index in [-0.39, 0.29) is 24.8 Å². The van der Waals surface area contributed by atoms with E-state index in [1.165, 1.54) is 12.1 Å². The first-order valence-corrected chi connectivity index (χ1v) is 10.9. The molecular weight excluding hydrogens is 435 g/mol. The van der Waals surface area contributed by atoms with Gasteiger partial charge in [0.2, 0.25) is 5.91 Å². The van der Waals surface area contributed by atoms with Gasteiger partial charge in [-0.3, -0.25) is 4.79 Å². The second-order valence-electron chi connectivity index (χ2n) is 7.97. The summed E-state index contributed by atoms with van der Waals surface area (Å²) < 4.78 is 24.9. The summed E-state index contributed by atoms with van der Waals surface area (Å²) in [5.41, 5.74) is 3.43. The second kappa shape index (κ2) is 9.76. The molecule has 34 heavy (non-hydrogen) atoms. The average molecular weight is 458 g/mol.